The Kier molecular flexibility index (Phi) is 5.98. The van der Waals surface area contributed by atoms with Crippen molar-refractivity contribution in [3.63, 3.8) is 0 Å². The molecule has 1 unspecified atom stereocenters. The molecule has 2 N–H and O–H groups in total. The van der Waals surface area contributed by atoms with Gasteiger partial charge in [0.05, 0.1) is 18.4 Å². The van der Waals surface area contributed by atoms with Crippen LogP contribution in [0.1, 0.15) is 62.3 Å². The lowest BCUT2D eigenvalue weighted by atomic mass is 9.48. The minimum atomic E-state index is -0.286. The molecule has 7 rings (SSSR count). The van der Waals surface area contributed by atoms with E-state index in [2.05, 4.69) is 44.5 Å². The van der Waals surface area contributed by atoms with Gasteiger partial charge in [-0.2, -0.15) is 0 Å². The predicted molar refractivity (Wildman–Crippen MR) is 133 cm³/mol. The highest BCUT2D eigenvalue weighted by Gasteiger charge is 2.53. The van der Waals surface area contributed by atoms with Crippen LogP contribution in [0.25, 0.3) is 0 Å². The Hall–Kier alpha value is -2.18. The van der Waals surface area contributed by atoms with E-state index >= 15 is 0 Å². The van der Waals surface area contributed by atoms with E-state index in [0.29, 0.717) is 13.2 Å². The number of benzene rings is 1. The summed E-state index contributed by atoms with van der Waals surface area (Å²) in [6.45, 7) is 6.03. The van der Waals surface area contributed by atoms with Crippen LogP contribution in [0.15, 0.2) is 30.6 Å². The SMILES string of the molecule is CCOc1ccc(CN2CCc3c(ncnc3NCC(O)C34CC5CC(CC(C5)C3)C4)C2)cc1. The van der Waals surface area contributed by atoms with Crippen molar-refractivity contribution in [2.75, 3.05) is 25.0 Å². The Balaban J connectivity index is 1.08. The third-order valence-electron chi connectivity index (χ3n) is 8.98. The monoisotopic (exact) mass is 462 g/mol. The summed E-state index contributed by atoms with van der Waals surface area (Å²) in [5.41, 5.74) is 3.77. The summed E-state index contributed by atoms with van der Waals surface area (Å²) in [6, 6.07) is 8.41. The first-order chi connectivity index (χ1) is 16.6. The van der Waals surface area contributed by atoms with Gasteiger partial charge in [-0.15, -0.1) is 0 Å². The van der Waals surface area contributed by atoms with Crippen molar-refractivity contribution in [3.05, 3.63) is 47.4 Å². The number of anilines is 1. The van der Waals surface area contributed by atoms with E-state index in [-0.39, 0.29) is 11.5 Å². The van der Waals surface area contributed by atoms with Gasteiger partial charge < -0.3 is 15.2 Å². The molecule has 34 heavy (non-hydrogen) atoms. The summed E-state index contributed by atoms with van der Waals surface area (Å²) in [5.74, 6) is 4.42. The number of fused-ring (bicyclic) bond motifs is 1. The summed E-state index contributed by atoms with van der Waals surface area (Å²) in [7, 11) is 0. The Morgan fingerprint density at radius 3 is 2.47 bits per heavy atom. The molecule has 1 atom stereocenters. The third-order valence-corrected chi connectivity index (χ3v) is 8.98. The summed E-state index contributed by atoms with van der Waals surface area (Å²) in [6.07, 6.45) is 10.2. The van der Waals surface area contributed by atoms with Crippen LogP contribution in [0, 0.1) is 23.2 Å². The molecular formula is C28H38N4O2. The van der Waals surface area contributed by atoms with Crippen LogP contribution in [-0.2, 0) is 19.5 Å². The van der Waals surface area contributed by atoms with Crippen LogP contribution in [0.3, 0.4) is 0 Å². The summed E-state index contributed by atoms with van der Waals surface area (Å²) in [5, 5.41) is 14.9. The normalized spacial score (nSPS) is 30.7. The molecule has 182 valence electrons. The van der Waals surface area contributed by atoms with Crippen molar-refractivity contribution in [2.24, 2.45) is 23.2 Å². The van der Waals surface area contributed by atoms with Gasteiger partial charge >= 0.3 is 0 Å². The van der Waals surface area contributed by atoms with Gasteiger partial charge in [-0.1, -0.05) is 12.1 Å². The average molecular weight is 463 g/mol. The van der Waals surface area contributed by atoms with E-state index in [9.17, 15) is 5.11 Å². The van der Waals surface area contributed by atoms with E-state index in [0.717, 1.165) is 61.1 Å². The third kappa shape index (κ3) is 4.31. The second-order valence-corrected chi connectivity index (χ2v) is 11.4. The van der Waals surface area contributed by atoms with Crippen LogP contribution in [0.2, 0.25) is 0 Å². The number of hydrogen-bond acceptors (Lipinski definition) is 6. The Labute approximate surface area is 203 Å². The molecule has 4 fully saturated rings. The average Bonchev–Trinajstić information content (AvgIpc) is 2.83. The zero-order chi connectivity index (χ0) is 23.1. The first-order valence-electron chi connectivity index (χ1n) is 13.3. The van der Waals surface area contributed by atoms with Gasteiger partial charge in [-0.05, 0) is 92.7 Å². The van der Waals surface area contributed by atoms with Gasteiger partial charge in [0.25, 0.3) is 0 Å². The van der Waals surface area contributed by atoms with Crippen molar-refractivity contribution in [3.8, 4) is 5.75 Å². The van der Waals surface area contributed by atoms with Gasteiger partial charge in [0, 0.05) is 31.7 Å². The number of nitrogens with zero attached hydrogens (tertiary/aromatic N) is 3. The molecule has 2 heterocycles. The molecule has 2 aromatic rings. The largest absolute Gasteiger partial charge is 0.494 e. The first-order valence-corrected chi connectivity index (χ1v) is 13.3. The number of rotatable bonds is 8. The van der Waals surface area contributed by atoms with Crippen LogP contribution >= 0.6 is 0 Å². The maximum absolute atomic E-state index is 11.3. The van der Waals surface area contributed by atoms with Crippen molar-refractivity contribution < 1.29 is 9.84 Å². The fourth-order valence-electron chi connectivity index (χ4n) is 7.81. The maximum Gasteiger partial charge on any atom is 0.133 e. The van der Waals surface area contributed by atoms with Crippen molar-refractivity contribution >= 4 is 5.82 Å². The molecule has 0 spiro atoms. The number of ether oxygens (including phenoxy) is 1. The highest BCUT2D eigenvalue weighted by Crippen LogP contribution is 2.61. The fourth-order valence-corrected chi connectivity index (χ4v) is 7.81. The van der Waals surface area contributed by atoms with Crippen molar-refractivity contribution in [1.29, 1.82) is 0 Å². The van der Waals surface area contributed by atoms with E-state index in [1.165, 1.54) is 49.7 Å². The number of aromatic nitrogens is 2. The number of nitrogens with one attached hydrogen (secondary N) is 1. The molecule has 6 nitrogen and oxygen atoms in total. The summed E-state index contributed by atoms with van der Waals surface area (Å²) in [4.78, 5) is 11.6. The highest BCUT2D eigenvalue weighted by molar-refractivity contribution is 5.47. The minimum absolute atomic E-state index is 0.142. The zero-order valence-corrected chi connectivity index (χ0v) is 20.4. The fraction of sp³-hybridized carbons (Fsp3) is 0.643. The van der Waals surface area contributed by atoms with E-state index in [1.54, 1.807) is 6.33 Å². The first kappa shape index (κ1) is 22.3. The minimum Gasteiger partial charge on any atom is -0.494 e. The molecule has 0 radical (unpaired) electrons. The molecule has 1 aromatic heterocycles. The molecule has 1 aromatic carbocycles. The smallest absolute Gasteiger partial charge is 0.133 e. The molecule has 1 aliphatic heterocycles. The number of hydrogen-bond donors (Lipinski definition) is 2. The van der Waals surface area contributed by atoms with Crippen molar-refractivity contribution in [2.45, 2.75) is 71.1 Å². The van der Waals surface area contributed by atoms with Crippen LogP contribution in [0.5, 0.6) is 5.75 Å². The molecule has 6 heteroatoms. The van der Waals surface area contributed by atoms with Gasteiger partial charge in [-0.25, -0.2) is 9.97 Å². The van der Waals surface area contributed by atoms with Gasteiger partial charge in [0.1, 0.15) is 17.9 Å². The molecular weight excluding hydrogens is 424 g/mol. The van der Waals surface area contributed by atoms with E-state index in [4.69, 9.17) is 4.74 Å². The highest BCUT2D eigenvalue weighted by atomic mass is 16.5. The number of aliphatic hydroxyl groups excluding tert-OH is 1. The van der Waals surface area contributed by atoms with Crippen LogP contribution in [0.4, 0.5) is 5.82 Å². The second kappa shape index (κ2) is 9.12. The van der Waals surface area contributed by atoms with E-state index in [1.807, 2.05) is 6.92 Å². The molecule has 5 aliphatic rings. The zero-order valence-electron chi connectivity index (χ0n) is 20.4. The Morgan fingerprint density at radius 2 is 1.79 bits per heavy atom. The Bertz CT molecular complexity index is 973. The lowest BCUT2D eigenvalue weighted by Gasteiger charge is -2.58. The maximum atomic E-state index is 11.3. The molecule has 4 bridgehead atoms. The van der Waals surface area contributed by atoms with Gasteiger partial charge in [0.2, 0.25) is 0 Å². The van der Waals surface area contributed by atoms with Crippen LogP contribution in [-0.4, -0.2) is 45.8 Å². The quantitative estimate of drug-likeness (QED) is 0.605. The lowest BCUT2D eigenvalue weighted by molar-refractivity contribution is -0.115. The summed E-state index contributed by atoms with van der Waals surface area (Å²) < 4.78 is 5.56. The molecule has 0 saturated heterocycles. The standard InChI is InChI=1S/C28H38N4O2/c1-2-34-23-5-3-19(4-6-23)16-32-8-7-24-25(17-32)30-18-31-27(24)29-15-26(33)28-12-20-9-21(13-28)11-22(10-20)14-28/h3-6,18,20-22,26,33H,2,7-17H2,1H3,(H,29,30,31). The van der Waals surface area contributed by atoms with Gasteiger partial charge in [0.15, 0.2) is 0 Å². The lowest BCUT2D eigenvalue weighted by Crippen LogP contribution is -2.53. The molecule has 4 aliphatic carbocycles. The van der Waals surface area contributed by atoms with E-state index < -0.39 is 0 Å². The van der Waals surface area contributed by atoms with Gasteiger partial charge in [-0.3, -0.25) is 4.90 Å². The topological polar surface area (TPSA) is 70.5 Å². The Morgan fingerprint density at radius 1 is 1.09 bits per heavy atom. The van der Waals surface area contributed by atoms with Crippen LogP contribution < -0.4 is 10.1 Å². The molecule has 0 amide bonds. The summed E-state index contributed by atoms with van der Waals surface area (Å²) >= 11 is 0. The number of aliphatic hydroxyl groups is 1. The second-order valence-electron chi connectivity index (χ2n) is 11.4. The molecule has 4 saturated carbocycles. The predicted octanol–water partition coefficient (Wildman–Crippen LogP) is 4.42. The van der Waals surface area contributed by atoms with Crippen molar-refractivity contribution in [1.82, 2.24) is 14.9 Å².